The molecule has 170 valence electrons. The Morgan fingerprint density at radius 2 is 1.97 bits per heavy atom. The summed E-state index contributed by atoms with van der Waals surface area (Å²) in [6.07, 6.45) is -0.218. The third kappa shape index (κ3) is 4.00. The van der Waals surface area contributed by atoms with Crippen LogP contribution in [0, 0.1) is 10.6 Å². The molecule has 0 saturated carbocycles. The summed E-state index contributed by atoms with van der Waals surface area (Å²) in [5.74, 6) is -3.30. The fraction of sp³-hybridized carbons (Fsp3) is 0.417. The molecule has 2 aromatic rings. The average Bonchev–Trinajstić information content (AvgIpc) is 3.24. The standard InChI is InChI=1S/C24H28F2N4O2/c1-15(2)17-5-3-16(4-6-17)13-30(32)20-12-19(22(27)28)8-7-18(20)11-21(30)23(31)29-10-9-24(25,26)14-29/h3-8,12,15,21H,9-11,13-14H2,1-2H3,(H3,27,28). The van der Waals surface area contributed by atoms with Crippen molar-refractivity contribution in [1.82, 2.24) is 9.55 Å². The first-order valence-corrected chi connectivity index (χ1v) is 10.8. The molecule has 2 aliphatic rings. The number of hydroxylamine groups is 2. The van der Waals surface area contributed by atoms with Gasteiger partial charge in [-0.1, -0.05) is 50.2 Å². The fourth-order valence-corrected chi connectivity index (χ4v) is 4.65. The Morgan fingerprint density at radius 1 is 1.28 bits per heavy atom. The van der Waals surface area contributed by atoms with Crippen LogP contribution >= 0.6 is 0 Å². The van der Waals surface area contributed by atoms with Gasteiger partial charge < -0.3 is 20.5 Å². The SMILES string of the molecule is CC(C)c1ccc(C[N+]2([O-])c3cc(C(=N)N)ccc3CC2C(=O)N2CCC(F)(F)C2)cc1. The summed E-state index contributed by atoms with van der Waals surface area (Å²) in [5, 5.41) is 22.1. The Hall–Kier alpha value is -2.84. The molecule has 0 bridgehead atoms. The number of alkyl halides is 2. The van der Waals surface area contributed by atoms with E-state index in [1.807, 2.05) is 24.3 Å². The number of carbonyl (C=O) groups excluding carboxylic acids is 1. The van der Waals surface area contributed by atoms with Crippen molar-refractivity contribution in [3.63, 3.8) is 0 Å². The molecule has 0 spiro atoms. The number of hydrogen-bond acceptors (Lipinski definition) is 3. The van der Waals surface area contributed by atoms with Crippen molar-refractivity contribution in [1.29, 1.82) is 5.41 Å². The third-order valence-corrected chi connectivity index (χ3v) is 6.55. The second kappa shape index (κ2) is 7.94. The van der Waals surface area contributed by atoms with E-state index in [0.717, 1.165) is 16.0 Å². The molecule has 0 aromatic heterocycles. The van der Waals surface area contributed by atoms with Crippen LogP contribution in [0.2, 0.25) is 0 Å². The number of halogens is 2. The van der Waals surface area contributed by atoms with Crippen LogP contribution in [-0.2, 0) is 17.8 Å². The van der Waals surface area contributed by atoms with Crippen molar-refractivity contribution in [2.75, 3.05) is 13.1 Å². The molecule has 2 aromatic carbocycles. The van der Waals surface area contributed by atoms with Crippen molar-refractivity contribution < 1.29 is 13.6 Å². The molecule has 6 nitrogen and oxygen atoms in total. The molecule has 2 atom stereocenters. The molecule has 3 N–H and O–H groups in total. The van der Waals surface area contributed by atoms with Gasteiger partial charge in [0.25, 0.3) is 11.8 Å². The average molecular weight is 443 g/mol. The smallest absolute Gasteiger partial charge is 0.282 e. The Bertz CT molecular complexity index is 1050. The summed E-state index contributed by atoms with van der Waals surface area (Å²) >= 11 is 0. The van der Waals surface area contributed by atoms with Gasteiger partial charge >= 0.3 is 0 Å². The molecular formula is C24H28F2N4O2. The van der Waals surface area contributed by atoms with E-state index >= 15 is 0 Å². The maximum absolute atomic E-state index is 14.4. The molecule has 2 aliphatic heterocycles. The summed E-state index contributed by atoms with van der Waals surface area (Å²) in [7, 11) is 0. The van der Waals surface area contributed by atoms with Crippen LogP contribution in [-0.4, -0.2) is 41.7 Å². The highest BCUT2D eigenvalue weighted by molar-refractivity contribution is 5.96. The summed E-state index contributed by atoms with van der Waals surface area (Å²) in [4.78, 5) is 14.4. The van der Waals surface area contributed by atoms with Crippen LogP contribution in [0.5, 0.6) is 0 Å². The first kappa shape index (κ1) is 22.4. The number of nitrogens with one attached hydrogen (secondary N) is 1. The second-order valence-corrected chi connectivity index (χ2v) is 9.19. The normalized spacial score (nSPS) is 24.1. The largest absolute Gasteiger partial charge is 0.627 e. The van der Waals surface area contributed by atoms with Gasteiger partial charge in [0.05, 0.1) is 6.54 Å². The van der Waals surface area contributed by atoms with Gasteiger partial charge in [0.2, 0.25) is 0 Å². The third-order valence-electron chi connectivity index (χ3n) is 6.55. The second-order valence-electron chi connectivity index (χ2n) is 9.19. The highest BCUT2D eigenvalue weighted by atomic mass is 19.3. The minimum Gasteiger partial charge on any atom is -0.627 e. The molecule has 1 fully saturated rings. The van der Waals surface area contributed by atoms with Crippen LogP contribution < -0.4 is 10.4 Å². The van der Waals surface area contributed by atoms with Crippen molar-refractivity contribution in [3.8, 4) is 0 Å². The van der Waals surface area contributed by atoms with E-state index in [2.05, 4.69) is 13.8 Å². The Labute approximate surface area is 186 Å². The highest BCUT2D eigenvalue weighted by Gasteiger charge is 2.50. The predicted molar refractivity (Wildman–Crippen MR) is 120 cm³/mol. The van der Waals surface area contributed by atoms with Gasteiger partial charge in [-0.2, -0.15) is 0 Å². The molecule has 1 saturated heterocycles. The van der Waals surface area contributed by atoms with Crippen LogP contribution in [0.1, 0.15) is 48.4 Å². The Kier molecular flexibility index (Phi) is 5.55. The molecule has 0 aliphatic carbocycles. The topological polar surface area (TPSA) is 93.2 Å². The maximum Gasteiger partial charge on any atom is 0.282 e. The zero-order valence-electron chi connectivity index (χ0n) is 18.3. The van der Waals surface area contributed by atoms with Crippen molar-refractivity contribution in [2.45, 2.75) is 51.1 Å². The van der Waals surface area contributed by atoms with Crippen LogP contribution in [0.15, 0.2) is 42.5 Å². The number of fused-ring (bicyclic) bond motifs is 1. The van der Waals surface area contributed by atoms with Gasteiger partial charge in [0.15, 0.2) is 6.04 Å². The lowest BCUT2D eigenvalue weighted by Gasteiger charge is -2.44. The van der Waals surface area contributed by atoms with Gasteiger partial charge in [0, 0.05) is 42.1 Å². The summed E-state index contributed by atoms with van der Waals surface area (Å²) in [6.45, 7) is 3.45. The minimum absolute atomic E-state index is 0.00657. The van der Waals surface area contributed by atoms with Crippen molar-refractivity contribution in [2.24, 2.45) is 5.73 Å². The number of hydrogen-bond donors (Lipinski definition) is 2. The van der Waals surface area contributed by atoms with Gasteiger partial charge in [-0.05, 0) is 11.5 Å². The number of carbonyl (C=O) groups is 1. The van der Waals surface area contributed by atoms with Gasteiger partial charge in [-0.3, -0.25) is 10.2 Å². The zero-order valence-corrected chi connectivity index (χ0v) is 18.3. The Balaban J connectivity index is 1.72. The highest BCUT2D eigenvalue weighted by Crippen LogP contribution is 2.42. The monoisotopic (exact) mass is 442 g/mol. The quantitative estimate of drug-likeness (QED) is 0.318. The summed E-state index contributed by atoms with van der Waals surface area (Å²) < 4.78 is 26.6. The zero-order chi connectivity index (χ0) is 23.3. The maximum atomic E-state index is 14.4. The lowest BCUT2D eigenvalue weighted by Crippen LogP contribution is -2.56. The molecule has 8 heteroatoms. The lowest BCUT2D eigenvalue weighted by atomic mass is 10.0. The van der Waals surface area contributed by atoms with E-state index in [0.29, 0.717) is 22.7 Å². The number of quaternary nitrogens is 1. The number of nitrogen functional groups attached to an aromatic ring is 1. The Morgan fingerprint density at radius 3 is 2.53 bits per heavy atom. The first-order valence-electron chi connectivity index (χ1n) is 10.8. The molecule has 2 heterocycles. The number of nitrogens with zero attached hydrogens (tertiary/aromatic N) is 2. The van der Waals surface area contributed by atoms with Crippen molar-refractivity contribution >= 4 is 17.4 Å². The first-order chi connectivity index (χ1) is 15.0. The number of likely N-dealkylation sites (tertiary alicyclic amines) is 1. The van der Waals surface area contributed by atoms with Gasteiger partial charge in [-0.25, -0.2) is 8.78 Å². The molecular weight excluding hydrogens is 414 g/mol. The molecule has 32 heavy (non-hydrogen) atoms. The number of amidine groups is 1. The predicted octanol–water partition coefficient (Wildman–Crippen LogP) is 3.89. The minimum atomic E-state index is -2.92. The van der Waals surface area contributed by atoms with E-state index in [4.69, 9.17) is 11.1 Å². The van der Waals surface area contributed by atoms with E-state index in [1.165, 1.54) is 0 Å². The fourth-order valence-electron chi connectivity index (χ4n) is 4.65. The lowest BCUT2D eigenvalue weighted by molar-refractivity contribution is -0.135. The number of rotatable bonds is 5. The van der Waals surface area contributed by atoms with Gasteiger partial charge in [0.1, 0.15) is 18.1 Å². The molecule has 0 radical (unpaired) electrons. The number of nitrogens with two attached hydrogens (primary N) is 1. The van der Waals surface area contributed by atoms with E-state index in [1.54, 1.807) is 18.2 Å². The molecule has 4 rings (SSSR count). The summed E-state index contributed by atoms with van der Waals surface area (Å²) in [6, 6.07) is 11.6. The van der Waals surface area contributed by atoms with Crippen LogP contribution in [0.3, 0.4) is 0 Å². The van der Waals surface area contributed by atoms with Gasteiger partial charge in [-0.15, -0.1) is 0 Å². The van der Waals surface area contributed by atoms with E-state index in [9.17, 15) is 18.8 Å². The van der Waals surface area contributed by atoms with E-state index in [-0.39, 0.29) is 31.8 Å². The van der Waals surface area contributed by atoms with E-state index < -0.39 is 29.1 Å². The molecule has 1 amide bonds. The molecule has 2 unspecified atom stereocenters. The van der Waals surface area contributed by atoms with Crippen LogP contribution in [0.4, 0.5) is 14.5 Å². The van der Waals surface area contributed by atoms with Crippen LogP contribution in [0.25, 0.3) is 0 Å². The van der Waals surface area contributed by atoms with Crippen molar-refractivity contribution in [3.05, 3.63) is 69.9 Å². The summed E-state index contributed by atoms with van der Waals surface area (Å²) in [5.41, 5.74) is 8.99. The number of amides is 1. The number of benzene rings is 2.